The predicted molar refractivity (Wildman–Crippen MR) is 361 cm³/mol. The normalized spacial score (nSPS) is 14.5. The van der Waals surface area contributed by atoms with Crippen molar-refractivity contribution in [2.24, 2.45) is 0 Å². The van der Waals surface area contributed by atoms with E-state index in [0.717, 1.165) is 56.4 Å². The molecule has 0 aliphatic carbocycles. The van der Waals surface area contributed by atoms with E-state index in [4.69, 9.17) is 9.47 Å². The molecule has 0 unspecified atom stereocenters. The van der Waals surface area contributed by atoms with Crippen LogP contribution < -0.4 is 42.3 Å². The van der Waals surface area contributed by atoms with Gasteiger partial charge in [0.1, 0.15) is 23.0 Å². The summed E-state index contributed by atoms with van der Waals surface area (Å²) in [5.74, 6) is 3.61. The van der Waals surface area contributed by atoms with Gasteiger partial charge in [0.05, 0.1) is 22.4 Å². The van der Waals surface area contributed by atoms with E-state index >= 15 is 0 Å². The maximum Gasteiger partial charge on any atom is 0.256 e. The summed E-state index contributed by atoms with van der Waals surface area (Å²) in [5, 5.41) is 5.08. The molecule has 4 nitrogen and oxygen atoms in total. The van der Waals surface area contributed by atoms with Gasteiger partial charge < -0.3 is 18.6 Å². The highest BCUT2D eigenvalue weighted by Crippen LogP contribution is 2.50. The van der Waals surface area contributed by atoms with E-state index in [0.29, 0.717) is 0 Å². The summed E-state index contributed by atoms with van der Waals surface area (Å²) in [6, 6.07) is 57.1. The Bertz CT molecular complexity index is 4400. The fourth-order valence-electron chi connectivity index (χ4n) is 14.5. The Kier molecular flexibility index (Phi) is 10.8. The third-order valence-corrected chi connectivity index (χ3v) is 19.6. The van der Waals surface area contributed by atoms with Crippen molar-refractivity contribution in [3.63, 3.8) is 0 Å². The largest absolute Gasteiger partial charge is 0.456 e. The third kappa shape index (κ3) is 7.66. The van der Waals surface area contributed by atoms with Crippen LogP contribution in [-0.2, 0) is 32.5 Å². The predicted octanol–water partition coefficient (Wildman–Crippen LogP) is 16.9. The van der Waals surface area contributed by atoms with Gasteiger partial charge in [0.25, 0.3) is 13.4 Å². The van der Waals surface area contributed by atoms with Crippen LogP contribution in [0, 0.1) is 0 Å². The number of ether oxygens (including phenoxy) is 2. The van der Waals surface area contributed by atoms with E-state index in [2.05, 4.69) is 279 Å². The summed E-state index contributed by atoms with van der Waals surface area (Å²) in [4.78, 5) is 0. The fraction of sp³-hybridized carbons (Fsp3) is 0.308. The highest BCUT2D eigenvalue weighted by molar-refractivity contribution is 7.02. The summed E-state index contributed by atoms with van der Waals surface area (Å²) in [5.41, 5.74) is 26.5. The summed E-state index contributed by atoms with van der Waals surface area (Å²) in [7, 11) is 0. The number of hydrogen-bond donors (Lipinski definition) is 0. The number of nitrogens with zero attached hydrogens (tertiary/aromatic N) is 2. The molecule has 0 saturated heterocycles. The van der Waals surface area contributed by atoms with Crippen LogP contribution in [0.2, 0.25) is 0 Å². The van der Waals surface area contributed by atoms with Crippen molar-refractivity contribution < 1.29 is 9.47 Å². The maximum atomic E-state index is 8.02. The van der Waals surface area contributed by atoms with Crippen LogP contribution in [0.15, 0.2) is 146 Å². The highest BCUT2D eigenvalue weighted by atomic mass is 16.5. The first-order valence-electron chi connectivity index (χ1n) is 30.8. The van der Waals surface area contributed by atoms with E-state index in [1.165, 1.54) is 110 Å². The Morgan fingerprint density at radius 1 is 0.286 bits per heavy atom. The van der Waals surface area contributed by atoms with Crippen LogP contribution >= 0.6 is 0 Å². The monoisotopic (exact) mass is 1100 g/mol. The van der Waals surface area contributed by atoms with Gasteiger partial charge in [-0.2, -0.15) is 0 Å². The molecular weight excluding hydrogens is 1020 g/mol. The van der Waals surface area contributed by atoms with Gasteiger partial charge in [-0.3, -0.25) is 0 Å². The highest BCUT2D eigenvalue weighted by Gasteiger charge is 2.51. The summed E-state index contributed by atoms with van der Waals surface area (Å²) in [6.45, 7) is 41.6. The second-order valence-electron chi connectivity index (χ2n) is 31.5. The van der Waals surface area contributed by atoms with E-state index in [1.54, 1.807) is 0 Å². The average Bonchev–Trinajstić information content (AvgIpc) is 1.39. The fourth-order valence-corrected chi connectivity index (χ4v) is 14.5. The van der Waals surface area contributed by atoms with Crippen molar-refractivity contribution in [3.05, 3.63) is 179 Å². The van der Waals surface area contributed by atoms with Crippen molar-refractivity contribution in [2.75, 3.05) is 0 Å². The van der Waals surface area contributed by atoms with Crippen molar-refractivity contribution in [1.29, 1.82) is 0 Å². The van der Waals surface area contributed by atoms with Crippen LogP contribution in [0.25, 0.3) is 77.2 Å². The molecule has 4 aliphatic heterocycles. The topological polar surface area (TPSA) is 28.3 Å². The Morgan fingerprint density at radius 2 is 0.595 bits per heavy atom. The Hall–Kier alpha value is -7.69. The number of aromatic nitrogens is 2. The van der Waals surface area contributed by atoms with Gasteiger partial charge in [0.15, 0.2) is 0 Å². The van der Waals surface area contributed by atoms with Gasteiger partial charge in [-0.25, -0.2) is 0 Å². The maximum absolute atomic E-state index is 8.02. The zero-order chi connectivity index (χ0) is 59.0. The van der Waals surface area contributed by atoms with Crippen LogP contribution in [-0.4, -0.2) is 22.6 Å². The molecule has 0 spiro atoms. The van der Waals surface area contributed by atoms with E-state index < -0.39 is 0 Å². The minimum Gasteiger partial charge on any atom is -0.456 e. The molecule has 418 valence electrons. The number of rotatable bonds is 2. The first-order valence-corrected chi connectivity index (χ1v) is 30.8. The van der Waals surface area contributed by atoms with Gasteiger partial charge in [0.2, 0.25) is 0 Å². The second kappa shape index (κ2) is 17.0. The van der Waals surface area contributed by atoms with Crippen LogP contribution in [0.1, 0.15) is 158 Å². The van der Waals surface area contributed by atoms with Gasteiger partial charge >= 0.3 is 0 Å². The van der Waals surface area contributed by atoms with Crippen LogP contribution in [0.5, 0.6) is 23.0 Å². The second-order valence-corrected chi connectivity index (χ2v) is 31.5. The standard InChI is InChI=1S/C78H78B2N2O2/c1-73(2,3)47-25-19-43(20-26-47)45-23-31-57-63(35-45)83-71-65-70(82-62-34-30-50(76(10,11)12)37-53(62)55-39-51(77(13,14)15)41-59(67(55)82)79(57)65)72-66-69(71)81-61-33-29-49(75(7,8)9)38-54(61)56-40-52(78(16,17)18)42-60(68(56)81)80(66)58-32-24-46(36-64(58)84-72)44-21-27-48(28-22-44)74(4,5)6/h19-42H,1-18H3. The zero-order valence-corrected chi connectivity index (χ0v) is 52.7. The molecule has 0 saturated carbocycles. The molecule has 4 aliphatic rings. The molecule has 0 radical (unpaired) electrons. The van der Waals surface area contributed by atoms with E-state index in [9.17, 15) is 0 Å². The molecule has 0 bridgehead atoms. The van der Waals surface area contributed by atoms with Crippen molar-refractivity contribution in [3.8, 4) is 56.6 Å². The van der Waals surface area contributed by atoms with Crippen molar-refractivity contribution >= 4 is 89.8 Å². The molecule has 6 heteroatoms. The lowest BCUT2D eigenvalue weighted by Crippen LogP contribution is -2.63. The lowest BCUT2D eigenvalue weighted by molar-refractivity contribution is 0.472. The molecule has 2 aromatic heterocycles. The SMILES string of the molecule is CC(C)(C)c1ccc(-c2ccc3c(c2)Oc2c4c(c5c6c2-n2c7ccc(C(C)(C)C)cc7c7cc(C(C)(C)C)cc(c72)B6c2ccc(-c6ccc(C(C)(C)C)cc6)cc2O5)-n2c5ccc(C(C)(C)C)cc5c5cc(C(C)(C)C)cc(c52)B34)cc1. The minimum atomic E-state index is -0.188. The van der Waals surface area contributed by atoms with Gasteiger partial charge in [-0.15, -0.1) is 0 Å². The quantitative estimate of drug-likeness (QED) is 0.161. The smallest absolute Gasteiger partial charge is 0.256 e. The van der Waals surface area contributed by atoms with Crippen LogP contribution in [0.3, 0.4) is 0 Å². The molecule has 0 N–H and O–H groups in total. The molecular formula is C78H78B2N2O2. The average molecular weight is 1100 g/mol. The van der Waals surface area contributed by atoms with Crippen LogP contribution in [0.4, 0.5) is 0 Å². The first-order chi connectivity index (χ1) is 39.4. The lowest BCUT2D eigenvalue weighted by atomic mass is 9.31. The van der Waals surface area contributed by atoms with E-state index in [1.807, 2.05) is 0 Å². The summed E-state index contributed by atoms with van der Waals surface area (Å²) < 4.78 is 21.3. The number of hydrogen-bond acceptors (Lipinski definition) is 2. The van der Waals surface area contributed by atoms with Gasteiger partial charge in [-0.05, 0) is 159 Å². The van der Waals surface area contributed by atoms with Gasteiger partial charge in [-0.1, -0.05) is 222 Å². The Labute approximate surface area is 498 Å². The summed E-state index contributed by atoms with van der Waals surface area (Å²) in [6.07, 6.45) is 0. The number of benzene rings is 9. The molecule has 9 aromatic carbocycles. The lowest BCUT2D eigenvalue weighted by Gasteiger charge is -2.41. The molecule has 0 fully saturated rings. The Morgan fingerprint density at radius 3 is 0.929 bits per heavy atom. The molecule has 15 rings (SSSR count). The Balaban J connectivity index is 1.12. The molecule has 0 atom stereocenters. The van der Waals surface area contributed by atoms with Crippen molar-refractivity contribution in [2.45, 2.75) is 157 Å². The molecule has 0 amide bonds. The minimum absolute atomic E-state index is 0.0438. The zero-order valence-electron chi connectivity index (χ0n) is 52.7. The molecule has 11 aromatic rings. The van der Waals surface area contributed by atoms with E-state index in [-0.39, 0.29) is 45.9 Å². The number of fused-ring (bicyclic) bond motifs is 16. The summed E-state index contributed by atoms with van der Waals surface area (Å²) >= 11 is 0. The van der Waals surface area contributed by atoms with Crippen molar-refractivity contribution in [1.82, 2.24) is 9.13 Å². The van der Waals surface area contributed by atoms with Gasteiger partial charge in [0, 0.05) is 43.5 Å². The third-order valence-electron chi connectivity index (χ3n) is 19.6. The molecule has 84 heavy (non-hydrogen) atoms. The molecule has 6 heterocycles. The first kappa shape index (κ1) is 53.1.